The molecule has 19 heavy (non-hydrogen) atoms. The van der Waals surface area contributed by atoms with Crippen molar-refractivity contribution in [3.05, 3.63) is 54.1 Å². The van der Waals surface area contributed by atoms with Gasteiger partial charge < -0.3 is 0 Å². The maximum Gasteiger partial charge on any atom is 0.229 e. The number of imidazole rings is 1. The van der Waals surface area contributed by atoms with Crippen molar-refractivity contribution in [2.45, 2.75) is 13.8 Å². The fourth-order valence-corrected chi connectivity index (χ4v) is 2.35. The van der Waals surface area contributed by atoms with E-state index in [1.54, 1.807) is 11.5 Å². The predicted molar refractivity (Wildman–Crippen MR) is 76.2 cm³/mol. The Morgan fingerprint density at radius 1 is 1.05 bits per heavy atom. The van der Waals surface area contributed by atoms with Gasteiger partial charge in [-0.15, -0.1) is 0 Å². The second-order valence-electron chi connectivity index (χ2n) is 4.59. The molecule has 2 aromatic carbocycles. The molecule has 0 unspecified atom stereocenters. The summed E-state index contributed by atoms with van der Waals surface area (Å²) in [5.74, 6) is 0.693. The Labute approximate surface area is 111 Å². The molecule has 0 saturated carbocycles. The molecule has 1 aromatic heterocycles. The molecular formula is C16H14N2O. The molecule has 94 valence electrons. The summed E-state index contributed by atoms with van der Waals surface area (Å²) >= 11 is 0. The van der Waals surface area contributed by atoms with E-state index >= 15 is 0 Å². The normalized spacial score (nSPS) is 10.8. The van der Waals surface area contributed by atoms with Crippen molar-refractivity contribution in [2.75, 3.05) is 0 Å². The molecule has 3 heteroatoms. The van der Waals surface area contributed by atoms with E-state index in [-0.39, 0.29) is 5.91 Å². The summed E-state index contributed by atoms with van der Waals surface area (Å²) in [4.78, 5) is 16.6. The standard InChI is InChI=1S/C16H14N2O/c1-11-7-3-4-8-13(11)16-17-14-9-5-6-10-15(14)18(16)12(2)19/h3-10H,1-2H3. The van der Waals surface area contributed by atoms with E-state index in [0.717, 1.165) is 22.2 Å². The molecule has 0 amide bonds. The molecule has 0 N–H and O–H groups in total. The van der Waals surface area contributed by atoms with Gasteiger partial charge in [0, 0.05) is 12.5 Å². The lowest BCUT2D eigenvalue weighted by molar-refractivity contribution is 0.0943. The number of hydrogen-bond donors (Lipinski definition) is 0. The van der Waals surface area contributed by atoms with E-state index in [4.69, 9.17) is 0 Å². The van der Waals surface area contributed by atoms with Crippen LogP contribution in [0, 0.1) is 6.92 Å². The maximum atomic E-state index is 11.9. The minimum atomic E-state index is -0.0213. The number of nitrogens with zero attached hydrogens (tertiary/aromatic N) is 2. The van der Waals surface area contributed by atoms with Gasteiger partial charge in [-0.2, -0.15) is 0 Å². The molecule has 3 nitrogen and oxygen atoms in total. The van der Waals surface area contributed by atoms with Crippen molar-refractivity contribution in [3.8, 4) is 11.4 Å². The third kappa shape index (κ3) is 1.83. The fourth-order valence-electron chi connectivity index (χ4n) is 2.35. The fraction of sp³-hybridized carbons (Fsp3) is 0.125. The van der Waals surface area contributed by atoms with E-state index in [0.29, 0.717) is 5.82 Å². The van der Waals surface area contributed by atoms with Gasteiger partial charge in [-0.3, -0.25) is 9.36 Å². The monoisotopic (exact) mass is 250 g/mol. The van der Waals surface area contributed by atoms with E-state index in [1.807, 2.05) is 55.5 Å². The first-order valence-corrected chi connectivity index (χ1v) is 6.23. The number of carbonyl (C=O) groups excluding carboxylic acids is 1. The lowest BCUT2D eigenvalue weighted by Crippen LogP contribution is -2.07. The number of benzene rings is 2. The van der Waals surface area contributed by atoms with Gasteiger partial charge in [0.05, 0.1) is 11.0 Å². The number of carbonyl (C=O) groups is 1. The van der Waals surface area contributed by atoms with Gasteiger partial charge >= 0.3 is 0 Å². The SMILES string of the molecule is CC(=O)n1c(-c2ccccc2C)nc2ccccc21. The quantitative estimate of drug-likeness (QED) is 0.660. The van der Waals surface area contributed by atoms with E-state index in [1.165, 1.54) is 0 Å². The zero-order valence-corrected chi connectivity index (χ0v) is 10.9. The molecule has 0 aliphatic carbocycles. The lowest BCUT2D eigenvalue weighted by atomic mass is 10.1. The molecule has 0 bridgehead atoms. The lowest BCUT2D eigenvalue weighted by Gasteiger charge is -2.07. The Kier molecular flexibility index (Phi) is 2.67. The highest BCUT2D eigenvalue weighted by Crippen LogP contribution is 2.26. The first-order chi connectivity index (χ1) is 9.18. The van der Waals surface area contributed by atoms with E-state index in [2.05, 4.69) is 4.98 Å². The van der Waals surface area contributed by atoms with Gasteiger partial charge in [-0.1, -0.05) is 36.4 Å². The molecular weight excluding hydrogens is 236 g/mol. The average molecular weight is 250 g/mol. The van der Waals surface area contributed by atoms with Crippen molar-refractivity contribution in [3.63, 3.8) is 0 Å². The van der Waals surface area contributed by atoms with Crippen molar-refractivity contribution < 1.29 is 4.79 Å². The van der Waals surface area contributed by atoms with Crippen LogP contribution in [-0.4, -0.2) is 15.5 Å². The summed E-state index contributed by atoms with van der Waals surface area (Å²) in [5, 5.41) is 0. The summed E-state index contributed by atoms with van der Waals surface area (Å²) < 4.78 is 1.68. The van der Waals surface area contributed by atoms with Gasteiger partial charge in [0.1, 0.15) is 5.82 Å². The summed E-state index contributed by atoms with van der Waals surface area (Å²) in [7, 11) is 0. The predicted octanol–water partition coefficient (Wildman–Crippen LogP) is 3.67. The van der Waals surface area contributed by atoms with Crippen LogP contribution in [0.5, 0.6) is 0 Å². The molecule has 0 aliphatic heterocycles. The van der Waals surface area contributed by atoms with Gasteiger partial charge in [0.15, 0.2) is 0 Å². The van der Waals surface area contributed by atoms with Crippen LogP contribution in [0.15, 0.2) is 48.5 Å². The highest BCUT2D eigenvalue weighted by atomic mass is 16.1. The van der Waals surface area contributed by atoms with Crippen molar-refractivity contribution in [1.29, 1.82) is 0 Å². The Balaban J connectivity index is 2.38. The average Bonchev–Trinajstić information content (AvgIpc) is 2.78. The van der Waals surface area contributed by atoms with Crippen LogP contribution in [0.25, 0.3) is 22.4 Å². The Morgan fingerprint density at radius 3 is 2.47 bits per heavy atom. The Morgan fingerprint density at radius 2 is 1.74 bits per heavy atom. The highest BCUT2D eigenvalue weighted by molar-refractivity contribution is 5.94. The summed E-state index contributed by atoms with van der Waals surface area (Å²) in [6, 6.07) is 15.7. The number of hydrogen-bond acceptors (Lipinski definition) is 2. The Bertz CT molecular complexity index is 771. The zero-order chi connectivity index (χ0) is 13.4. The van der Waals surface area contributed by atoms with Crippen molar-refractivity contribution in [2.24, 2.45) is 0 Å². The largest absolute Gasteiger partial charge is 0.274 e. The second kappa shape index (κ2) is 4.35. The molecule has 0 radical (unpaired) electrons. The van der Waals surface area contributed by atoms with Gasteiger partial charge in [-0.05, 0) is 24.6 Å². The molecule has 0 spiro atoms. The van der Waals surface area contributed by atoms with Gasteiger partial charge in [0.2, 0.25) is 5.91 Å². The number of aromatic nitrogens is 2. The van der Waals surface area contributed by atoms with Crippen LogP contribution >= 0.6 is 0 Å². The minimum absolute atomic E-state index is 0.0213. The molecule has 3 aromatic rings. The number of fused-ring (bicyclic) bond motifs is 1. The second-order valence-corrected chi connectivity index (χ2v) is 4.59. The maximum absolute atomic E-state index is 11.9. The first-order valence-electron chi connectivity index (χ1n) is 6.23. The van der Waals surface area contributed by atoms with Gasteiger partial charge in [0.25, 0.3) is 0 Å². The summed E-state index contributed by atoms with van der Waals surface area (Å²) in [5.41, 5.74) is 3.80. The van der Waals surface area contributed by atoms with E-state index < -0.39 is 0 Å². The number of rotatable bonds is 1. The topological polar surface area (TPSA) is 34.9 Å². The van der Waals surface area contributed by atoms with Crippen LogP contribution in [0.2, 0.25) is 0 Å². The zero-order valence-electron chi connectivity index (χ0n) is 10.9. The molecule has 1 heterocycles. The summed E-state index contributed by atoms with van der Waals surface area (Å²) in [6.07, 6.45) is 0. The Hall–Kier alpha value is -2.42. The molecule has 0 saturated heterocycles. The number of para-hydroxylation sites is 2. The van der Waals surface area contributed by atoms with Crippen LogP contribution < -0.4 is 0 Å². The third-order valence-electron chi connectivity index (χ3n) is 3.26. The highest BCUT2D eigenvalue weighted by Gasteiger charge is 2.16. The first kappa shape index (κ1) is 11.7. The molecule has 0 aliphatic rings. The van der Waals surface area contributed by atoms with Gasteiger partial charge in [-0.25, -0.2) is 4.98 Å². The minimum Gasteiger partial charge on any atom is -0.274 e. The van der Waals surface area contributed by atoms with Crippen molar-refractivity contribution in [1.82, 2.24) is 9.55 Å². The molecule has 0 fully saturated rings. The van der Waals surface area contributed by atoms with Crippen LogP contribution in [0.4, 0.5) is 0 Å². The van der Waals surface area contributed by atoms with Crippen LogP contribution in [0.1, 0.15) is 17.3 Å². The number of aryl methyl sites for hydroxylation is 1. The van der Waals surface area contributed by atoms with E-state index in [9.17, 15) is 4.79 Å². The summed E-state index contributed by atoms with van der Waals surface area (Å²) in [6.45, 7) is 3.59. The smallest absolute Gasteiger partial charge is 0.229 e. The van der Waals surface area contributed by atoms with Crippen LogP contribution in [0.3, 0.4) is 0 Å². The molecule has 3 rings (SSSR count). The van der Waals surface area contributed by atoms with Crippen LogP contribution in [-0.2, 0) is 0 Å². The third-order valence-corrected chi connectivity index (χ3v) is 3.26. The molecule has 0 atom stereocenters. The van der Waals surface area contributed by atoms with Crippen molar-refractivity contribution >= 4 is 16.9 Å².